The van der Waals surface area contributed by atoms with Crippen LogP contribution in [0.5, 0.6) is 5.75 Å². The number of benzene rings is 1. The molecule has 1 aromatic heterocycles. The first kappa shape index (κ1) is 13.6. The molecule has 0 saturated heterocycles. The number of carboxylic acids is 1. The first-order chi connectivity index (χ1) is 9.02. The minimum absolute atomic E-state index is 0.315. The maximum atomic E-state index is 10.9. The van der Waals surface area contributed by atoms with Crippen LogP contribution in [0.25, 0.3) is 10.4 Å². The van der Waals surface area contributed by atoms with Crippen molar-refractivity contribution in [3.8, 4) is 16.2 Å². The lowest BCUT2D eigenvalue weighted by Gasteiger charge is -2.11. The van der Waals surface area contributed by atoms with Crippen LogP contribution in [0.2, 0.25) is 0 Å². The molecule has 0 spiro atoms. The van der Waals surface area contributed by atoms with Crippen molar-refractivity contribution in [2.24, 2.45) is 0 Å². The van der Waals surface area contributed by atoms with Crippen molar-refractivity contribution in [1.29, 1.82) is 0 Å². The lowest BCUT2D eigenvalue weighted by Crippen LogP contribution is -1.93. The van der Waals surface area contributed by atoms with Crippen molar-refractivity contribution in [2.45, 2.75) is 19.8 Å². The van der Waals surface area contributed by atoms with Crippen molar-refractivity contribution < 1.29 is 14.6 Å². The summed E-state index contributed by atoms with van der Waals surface area (Å²) in [4.78, 5) is 11.8. The Morgan fingerprint density at radius 1 is 1.32 bits per heavy atom. The molecular weight excluding hydrogens is 260 g/mol. The van der Waals surface area contributed by atoms with E-state index in [0.717, 1.165) is 16.2 Å². The van der Waals surface area contributed by atoms with E-state index >= 15 is 0 Å². The summed E-state index contributed by atoms with van der Waals surface area (Å²) < 4.78 is 5.42. The van der Waals surface area contributed by atoms with Gasteiger partial charge in [-0.2, -0.15) is 0 Å². The van der Waals surface area contributed by atoms with E-state index in [1.807, 2.05) is 12.1 Å². The third-order valence-corrected chi connectivity index (χ3v) is 3.97. The fourth-order valence-corrected chi connectivity index (χ4v) is 2.77. The standard InChI is InChI=1S/C15H16O3S/c1-9(2)10-4-5-12(13(6-10)18-3)14-7-11(8-19-14)15(16)17/h4-9H,1-3H3,(H,16,17). The molecule has 1 heterocycles. The van der Waals surface area contributed by atoms with Gasteiger partial charge in [-0.3, -0.25) is 0 Å². The van der Waals surface area contributed by atoms with Gasteiger partial charge in [0.15, 0.2) is 0 Å². The number of aromatic carboxylic acids is 1. The lowest BCUT2D eigenvalue weighted by molar-refractivity contribution is 0.0697. The van der Waals surface area contributed by atoms with E-state index in [4.69, 9.17) is 9.84 Å². The molecule has 0 unspecified atom stereocenters. The van der Waals surface area contributed by atoms with E-state index in [1.165, 1.54) is 16.9 Å². The van der Waals surface area contributed by atoms with Crippen LogP contribution >= 0.6 is 11.3 Å². The molecule has 0 fully saturated rings. The highest BCUT2D eigenvalue weighted by Crippen LogP contribution is 2.36. The number of carbonyl (C=O) groups is 1. The molecule has 0 aliphatic heterocycles. The molecule has 0 amide bonds. The Morgan fingerprint density at radius 2 is 2.05 bits per heavy atom. The third-order valence-electron chi connectivity index (χ3n) is 3.00. The lowest BCUT2D eigenvalue weighted by atomic mass is 10.0. The van der Waals surface area contributed by atoms with Gasteiger partial charge in [-0.25, -0.2) is 4.79 Å². The molecule has 19 heavy (non-hydrogen) atoms. The van der Waals surface area contributed by atoms with Gasteiger partial charge >= 0.3 is 5.97 Å². The van der Waals surface area contributed by atoms with E-state index < -0.39 is 5.97 Å². The summed E-state index contributed by atoms with van der Waals surface area (Å²) in [5.74, 6) is 0.311. The Labute approximate surface area is 116 Å². The Bertz CT molecular complexity index is 599. The Hall–Kier alpha value is -1.81. The van der Waals surface area contributed by atoms with Gasteiger partial charge in [0.1, 0.15) is 5.75 Å². The predicted molar refractivity (Wildman–Crippen MR) is 77.4 cm³/mol. The topological polar surface area (TPSA) is 46.5 Å². The molecule has 0 aliphatic rings. The van der Waals surface area contributed by atoms with Gasteiger partial charge in [0.05, 0.1) is 12.7 Å². The van der Waals surface area contributed by atoms with Crippen molar-refractivity contribution in [2.75, 3.05) is 7.11 Å². The van der Waals surface area contributed by atoms with Gasteiger partial charge < -0.3 is 9.84 Å². The average molecular weight is 276 g/mol. The number of rotatable bonds is 4. The van der Waals surface area contributed by atoms with Crippen LogP contribution < -0.4 is 4.74 Å². The fourth-order valence-electron chi connectivity index (χ4n) is 1.86. The molecule has 0 bridgehead atoms. The molecule has 2 aromatic rings. The largest absolute Gasteiger partial charge is 0.496 e. The van der Waals surface area contributed by atoms with Crippen molar-refractivity contribution >= 4 is 17.3 Å². The highest BCUT2D eigenvalue weighted by molar-refractivity contribution is 7.13. The number of methoxy groups -OCH3 is 1. The van der Waals surface area contributed by atoms with Gasteiger partial charge in [-0.1, -0.05) is 19.9 Å². The van der Waals surface area contributed by atoms with Gasteiger partial charge in [0, 0.05) is 15.8 Å². The van der Waals surface area contributed by atoms with Crippen molar-refractivity contribution in [3.05, 3.63) is 40.8 Å². The normalized spacial score (nSPS) is 10.7. The molecule has 3 nitrogen and oxygen atoms in total. The average Bonchev–Trinajstić information content (AvgIpc) is 2.87. The van der Waals surface area contributed by atoms with Gasteiger partial charge in [-0.05, 0) is 29.7 Å². The summed E-state index contributed by atoms with van der Waals surface area (Å²) >= 11 is 1.41. The zero-order valence-electron chi connectivity index (χ0n) is 11.1. The SMILES string of the molecule is COc1cc(C(C)C)ccc1-c1cc(C(=O)O)cs1. The molecular formula is C15H16O3S. The molecule has 4 heteroatoms. The summed E-state index contributed by atoms with van der Waals surface area (Å²) in [7, 11) is 1.63. The second-order valence-electron chi connectivity index (χ2n) is 4.62. The van der Waals surface area contributed by atoms with Gasteiger partial charge in [0.25, 0.3) is 0 Å². The Kier molecular flexibility index (Phi) is 3.90. The maximum absolute atomic E-state index is 10.9. The van der Waals surface area contributed by atoms with Crippen molar-refractivity contribution in [1.82, 2.24) is 0 Å². The van der Waals surface area contributed by atoms with Crippen LogP contribution in [0.4, 0.5) is 0 Å². The molecule has 1 aromatic carbocycles. The predicted octanol–water partition coefficient (Wildman–Crippen LogP) is 4.25. The van der Waals surface area contributed by atoms with E-state index in [-0.39, 0.29) is 0 Å². The van der Waals surface area contributed by atoms with Crippen LogP contribution in [0, 0.1) is 0 Å². The molecule has 0 aliphatic carbocycles. The monoisotopic (exact) mass is 276 g/mol. The zero-order chi connectivity index (χ0) is 14.0. The third kappa shape index (κ3) is 2.79. The fraction of sp³-hybridized carbons (Fsp3) is 0.267. The van der Waals surface area contributed by atoms with Crippen LogP contribution in [-0.4, -0.2) is 18.2 Å². The van der Waals surface area contributed by atoms with Crippen molar-refractivity contribution in [3.63, 3.8) is 0 Å². The Balaban J connectivity index is 2.46. The van der Waals surface area contributed by atoms with Crippen LogP contribution in [0.1, 0.15) is 35.7 Å². The number of ether oxygens (including phenoxy) is 1. The second-order valence-corrected chi connectivity index (χ2v) is 5.53. The number of hydrogen-bond acceptors (Lipinski definition) is 3. The summed E-state index contributed by atoms with van der Waals surface area (Å²) in [5.41, 5.74) is 2.45. The van der Waals surface area contributed by atoms with E-state index in [0.29, 0.717) is 11.5 Å². The first-order valence-corrected chi connectivity index (χ1v) is 6.91. The van der Waals surface area contributed by atoms with Crippen LogP contribution in [0.15, 0.2) is 29.6 Å². The molecule has 0 radical (unpaired) electrons. The molecule has 0 saturated carbocycles. The number of carboxylic acid groups (broad SMARTS) is 1. The highest BCUT2D eigenvalue weighted by Gasteiger charge is 2.13. The highest BCUT2D eigenvalue weighted by atomic mass is 32.1. The summed E-state index contributed by atoms with van der Waals surface area (Å²) in [6.07, 6.45) is 0. The minimum atomic E-state index is -0.903. The molecule has 2 rings (SSSR count). The van der Waals surface area contributed by atoms with Crippen LogP contribution in [0.3, 0.4) is 0 Å². The first-order valence-electron chi connectivity index (χ1n) is 6.03. The van der Waals surface area contributed by atoms with Gasteiger partial charge in [-0.15, -0.1) is 11.3 Å². The smallest absolute Gasteiger partial charge is 0.336 e. The quantitative estimate of drug-likeness (QED) is 0.908. The van der Waals surface area contributed by atoms with E-state index in [9.17, 15) is 4.79 Å². The summed E-state index contributed by atoms with van der Waals surface area (Å²) in [6.45, 7) is 4.25. The zero-order valence-corrected chi connectivity index (χ0v) is 12.0. The molecule has 1 N–H and O–H groups in total. The molecule has 100 valence electrons. The maximum Gasteiger partial charge on any atom is 0.336 e. The Morgan fingerprint density at radius 3 is 2.58 bits per heavy atom. The summed E-state index contributed by atoms with van der Waals surface area (Å²) in [6, 6.07) is 7.74. The summed E-state index contributed by atoms with van der Waals surface area (Å²) in [5, 5.41) is 10.6. The number of thiophene rings is 1. The second kappa shape index (κ2) is 5.45. The minimum Gasteiger partial charge on any atom is -0.496 e. The van der Waals surface area contributed by atoms with Crippen LogP contribution in [-0.2, 0) is 0 Å². The van der Waals surface area contributed by atoms with Gasteiger partial charge in [0.2, 0.25) is 0 Å². The van der Waals surface area contributed by atoms with E-state index in [1.54, 1.807) is 18.6 Å². The van der Waals surface area contributed by atoms with E-state index in [2.05, 4.69) is 19.9 Å². The molecule has 0 atom stereocenters. The number of hydrogen-bond donors (Lipinski definition) is 1.